The van der Waals surface area contributed by atoms with Gasteiger partial charge < -0.3 is 0 Å². The lowest BCUT2D eigenvalue weighted by Crippen LogP contribution is -2.05. The van der Waals surface area contributed by atoms with E-state index in [-0.39, 0.29) is 4.47 Å². The van der Waals surface area contributed by atoms with E-state index in [9.17, 15) is 8.78 Å². The Kier molecular flexibility index (Phi) is 1.20. The molecule has 0 spiro atoms. The van der Waals surface area contributed by atoms with Gasteiger partial charge in [-0.05, 0) is 12.1 Å². The van der Waals surface area contributed by atoms with Gasteiger partial charge in [0.15, 0.2) is 0 Å². The zero-order valence-electron chi connectivity index (χ0n) is 9.63. The summed E-state index contributed by atoms with van der Waals surface area (Å²) in [6.07, 6.45) is 0. The van der Waals surface area contributed by atoms with Crippen LogP contribution in [-0.4, -0.2) is 0 Å². The van der Waals surface area contributed by atoms with Gasteiger partial charge in [0.05, 0.1) is 5.48 Å². The van der Waals surface area contributed by atoms with E-state index < -0.39 is 35.7 Å². The van der Waals surface area contributed by atoms with E-state index in [1.54, 1.807) is 0 Å². The van der Waals surface area contributed by atoms with Crippen molar-refractivity contribution in [2.75, 3.05) is 0 Å². The third kappa shape index (κ3) is 2.26. The average molecular weight is 225 g/mol. The first-order valence-electron chi connectivity index (χ1n) is 4.82. The van der Waals surface area contributed by atoms with Gasteiger partial charge in [-0.15, -0.1) is 0 Å². The summed E-state index contributed by atoms with van der Waals surface area (Å²) in [6.45, 7) is 0.547. The summed E-state index contributed by atoms with van der Waals surface area (Å²) in [7, 11) is 0. The van der Waals surface area contributed by atoms with Crippen molar-refractivity contribution in [1.82, 2.24) is 0 Å². The first kappa shape index (κ1) is 4.55. The molecule has 11 heavy (non-hydrogen) atoms. The molecule has 0 aliphatic carbocycles. The molecular weight excluding hydrogens is 214 g/mol. The molecule has 3 heteroatoms. The van der Waals surface area contributed by atoms with E-state index in [0.717, 1.165) is 0 Å². The molecule has 0 saturated carbocycles. The Morgan fingerprint density at radius 3 is 2.18 bits per heavy atom. The van der Waals surface area contributed by atoms with Crippen molar-refractivity contribution in [3.05, 3.63) is 34.2 Å². The van der Waals surface area contributed by atoms with Gasteiger partial charge in [-0.1, -0.05) is 28.0 Å². The van der Waals surface area contributed by atoms with Crippen molar-refractivity contribution in [2.45, 2.75) is 12.8 Å². The topological polar surface area (TPSA) is 0 Å². The minimum absolute atomic E-state index is 0.106. The van der Waals surface area contributed by atoms with Crippen molar-refractivity contribution in [3.8, 4) is 0 Å². The van der Waals surface area contributed by atoms with Crippen LogP contribution >= 0.6 is 15.9 Å². The molecule has 0 nitrogen and oxygen atoms in total. The van der Waals surface area contributed by atoms with E-state index in [1.165, 1.54) is 0 Å². The number of alkyl halides is 2. The lowest BCUT2D eigenvalue weighted by atomic mass is 10.1. The second kappa shape index (κ2) is 2.89. The SMILES string of the molecule is [2H]c1c([2H])c(C(C)(F)F)c([2H])c([2H])c1Br. The summed E-state index contributed by atoms with van der Waals surface area (Å²) in [5.74, 6) is -3.39. The molecule has 0 saturated heterocycles. The number of benzene rings is 1. The normalized spacial score (nSPS) is 16.7. The highest BCUT2D eigenvalue weighted by Crippen LogP contribution is 2.27. The van der Waals surface area contributed by atoms with Crippen molar-refractivity contribution in [2.24, 2.45) is 0 Å². The van der Waals surface area contributed by atoms with E-state index in [2.05, 4.69) is 15.9 Å². The second-order valence-electron chi connectivity index (χ2n) is 2.08. The minimum Gasteiger partial charge on any atom is -0.202 e. The zero-order valence-corrected chi connectivity index (χ0v) is 7.22. The molecule has 1 aromatic rings. The number of hydrogen-bond acceptors (Lipinski definition) is 0. The molecule has 0 atom stereocenters. The van der Waals surface area contributed by atoms with Gasteiger partial charge in [-0.3, -0.25) is 0 Å². The number of rotatable bonds is 1. The van der Waals surface area contributed by atoms with Crippen molar-refractivity contribution in [3.63, 3.8) is 0 Å². The molecule has 0 bridgehead atoms. The summed E-state index contributed by atoms with van der Waals surface area (Å²) in [4.78, 5) is 0. The van der Waals surface area contributed by atoms with Crippen LogP contribution in [0.15, 0.2) is 28.6 Å². The molecular formula is C8H7BrF2. The standard InChI is InChI=1S/C8H7BrF2/c1-8(10,11)6-2-4-7(9)5-3-6/h2-5H,1H3/i2D,3D,4D,5D. The molecule has 0 aliphatic rings. The van der Waals surface area contributed by atoms with Crippen LogP contribution in [0, 0.1) is 0 Å². The Hall–Kier alpha value is -0.440. The Morgan fingerprint density at radius 2 is 1.82 bits per heavy atom. The highest BCUT2D eigenvalue weighted by molar-refractivity contribution is 9.10. The van der Waals surface area contributed by atoms with Crippen LogP contribution < -0.4 is 0 Å². The van der Waals surface area contributed by atoms with E-state index in [1.807, 2.05) is 0 Å². The summed E-state index contributed by atoms with van der Waals surface area (Å²) < 4.78 is 55.3. The molecule has 0 fully saturated rings. The second-order valence-corrected chi connectivity index (χ2v) is 2.87. The lowest BCUT2D eigenvalue weighted by Gasteiger charge is -2.09. The fourth-order valence-electron chi connectivity index (χ4n) is 0.517. The maximum absolute atomic E-state index is 13.0. The van der Waals surface area contributed by atoms with Crippen molar-refractivity contribution in [1.29, 1.82) is 0 Å². The third-order valence-electron chi connectivity index (χ3n) is 1.03. The zero-order chi connectivity index (χ0) is 12.0. The fourth-order valence-corrected chi connectivity index (χ4v) is 0.715. The van der Waals surface area contributed by atoms with E-state index in [0.29, 0.717) is 6.92 Å². The largest absolute Gasteiger partial charge is 0.270 e. The molecule has 1 aromatic carbocycles. The van der Waals surface area contributed by atoms with Crippen LogP contribution in [0.25, 0.3) is 0 Å². The van der Waals surface area contributed by atoms with Crippen molar-refractivity contribution < 1.29 is 14.3 Å². The van der Waals surface area contributed by atoms with Crippen LogP contribution in [0.5, 0.6) is 0 Å². The maximum Gasteiger partial charge on any atom is 0.270 e. The smallest absolute Gasteiger partial charge is 0.202 e. The van der Waals surface area contributed by atoms with Gasteiger partial charge in [-0.2, -0.15) is 0 Å². The number of halogens is 3. The summed E-state index contributed by atoms with van der Waals surface area (Å²) in [5, 5.41) is 0. The Labute approximate surface area is 78.0 Å². The van der Waals surface area contributed by atoms with Gasteiger partial charge in [0, 0.05) is 17.0 Å². The van der Waals surface area contributed by atoms with Gasteiger partial charge in [0.25, 0.3) is 5.92 Å². The van der Waals surface area contributed by atoms with Crippen LogP contribution in [0.4, 0.5) is 8.78 Å². The average Bonchev–Trinajstić information content (AvgIpc) is 2.09. The first-order valence-corrected chi connectivity index (χ1v) is 3.61. The number of hydrogen-bond donors (Lipinski definition) is 0. The predicted octanol–water partition coefficient (Wildman–Crippen LogP) is 3.56. The molecule has 0 radical (unpaired) electrons. The van der Waals surface area contributed by atoms with Crippen LogP contribution in [0.3, 0.4) is 0 Å². The Bertz CT molecular complexity index is 385. The Morgan fingerprint density at radius 1 is 1.36 bits per heavy atom. The molecule has 0 heterocycles. The van der Waals surface area contributed by atoms with Gasteiger partial charge >= 0.3 is 0 Å². The van der Waals surface area contributed by atoms with Crippen LogP contribution in [-0.2, 0) is 5.92 Å². The van der Waals surface area contributed by atoms with Gasteiger partial charge in [-0.25, -0.2) is 8.78 Å². The third-order valence-corrected chi connectivity index (χ3v) is 1.43. The molecule has 60 valence electrons. The monoisotopic (exact) mass is 224 g/mol. The molecule has 0 amide bonds. The predicted molar refractivity (Wildman–Crippen MR) is 43.7 cm³/mol. The summed E-state index contributed by atoms with van der Waals surface area (Å²) in [6, 6.07) is -2.41. The maximum atomic E-state index is 13.0. The van der Waals surface area contributed by atoms with Crippen molar-refractivity contribution >= 4 is 15.9 Å². The van der Waals surface area contributed by atoms with E-state index in [4.69, 9.17) is 5.48 Å². The minimum atomic E-state index is -3.39. The fraction of sp³-hybridized carbons (Fsp3) is 0.250. The molecule has 0 unspecified atom stereocenters. The van der Waals surface area contributed by atoms with Gasteiger partial charge in [0.1, 0.15) is 0 Å². The summed E-state index contributed by atoms with van der Waals surface area (Å²) in [5.41, 5.74) is -0.874. The molecule has 0 aromatic heterocycles. The molecule has 0 N–H and O–H groups in total. The van der Waals surface area contributed by atoms with Crippen LogP contribution in [0.2, 0.25) is 0 Å². The first-order chi connectivity index (χ1) is 6.68. The quantitative estimate of drug-likeness (QED) is 0.685. The lowest BCUT2D eigenvalue weighted by molar-refractivity contribution is 0.0174. The highest BCUT2D eigenvalue weighted by Gasteiger charge is 2.23. The summed E-state index contributed by atoms with van der Waals surface area (Å²) >= 11 is 2.82. The van der Waals surface area contributed by atoms with E-state index >= 15 is 0 Å². The van der Waals surface area contributed by atoms with Crippen LogP contribution in [0.1, 0.15) is 18.0 Å². The van der Waals surface area contributed by atoms with Gasteiger partial charge in [0.2, 0.25) is 0 Å². The molecule has 1 rings (SSSR count). The highest BCUT2D eigenvalue weighted by atomic mass is 79.9. The Balaban J connectivity index is 3.68. The molecule has 0 aliphatic heterocycles.